The number of aliphatic hydroxyl groups excluding tert-OH is 1. The zero-order valence-corrected chi connectivity index (χ0v) is 11.7. The number of aromatic nitrogens is 1. The van der Waals surface area contributed by atoms with Crippen molar-refractivity contribution in [2.75, 3.05) is 31.6 Å². The summed E-state index contributed by atoms with van der Waals surface area (Å²) in [6.45, 7) is 0.241. The van der Waals surface area contributed by atoms with E-state index in [-0.39, 0.29) is 5.69 Å². The Morgan fingerprint density at radius 3 is 2.71 bits per heavy atom. The minimum atomic E-state index is -4.52. The number of rotatable bonds is 7. The minimum absolute atomic E-state index is 0.0891. The lowest BCUT2D eigenvalue weighted by Gasteiger charge is -2.22. The molecule has 0 fully saturated rings. The number of carbonyl (C=O) groups excluding carboxylic acids is 1. The van der Waals surface area contributed by atoms with Crippen molar-refractivity contribution in [2.45, 2.75) is 19.5 Å². The summed E-state index contributed by atoms with van der Waals surface area (Å²) in [6, 6.07) is 4.52. The molecule has 0 saturated carbocycles. The fraction of sp³-hybridized carbons (Fsp3) is 0.538. The van der Waals surface area contributed by atoms with E-state index in [1.165, 1.54) is 6.07 Å². The van der Waals surface area contributed by atoms with Crippen LogP contribution >= 0.6 is 0 Å². The number of amides is 1. The number of carbonyl (C=O) groups is 1. The van der Waals surface area contributed by atoms with Crippen molar-refractivity contribution in [3.05, 3.63) is 23.9 Å². The first-order valence-electron chi connectivity index (χ1n) is 6.55. The van der Waals surface area contributed by atoms with Crippen LogP contribution in [0.15, 0.2) is 18.2 Å². The van der Waals surface area contributed by atoms with Gasteiger partial charge in [-0.25, -0.2) is 4.98 Å². The number of hydrogen-bond acceptors (Lipinski definition) is 4. The summed E-state index contributed by atoms with van der Waals surface area (Å²) in [5.41, 5.74) is -0.0891. The van der Waals surface area contributed by atoms with Crippen LogP contribution in [0.1, 0.15) is 23.8 Å². The van der Waals surface area contributed by atoms with Crippen LogP contribution in [-0.2, 0) is 0 Å². The van der Waals surface area contributed by atoms with E-state index in [1.54, 1.807) is 12.1 Å². The molecule has 0 radical (unpaired) electrons. The van der Waals surface area contributed by atoms with Gasteiger partial charge in [0.25, 0.3) is 5.91 Å². The van der Waals surface area contributed by atoms with Gasteiger partial charge in [0.05, 0.1) is 6.61 Å². The Bertz CT molecular complexity index is 466. The summed E-state index contributed by atoms with van der Waals surface area (Å²) in [4.78, 5) is 16.6. The number of aliphatic hydroxyl groups is 1. The van der Waals surface area contributed by atoms with E-state index in [1.807, 2.05) is 6.92 Å². The van der Waals surface area contributed by atoms with Crippen LogP contribution in [0.25, 0.3) is 0 Å². The maximum atomic E-state index is 12.4. The van der Waals surface area contributed by atoms with E-state index in [0.29, 0.717) is 17.3 Å². The molecule has 5 nitrogen and oxygen atoms in total. The highest BCUT2D eigenvalue weighted by Gasteiger charge is 2.33. The molecular formula is C13H18F3N3O2. The van der Waals surface area contributed by atoms with Crippen LogP contribution < -0.4 is 5.32 Å². The van der Waals surface area contributed by atoms with E-state index >= 15 is 0 Å². The van der Waals surface area contributed by atoms with Crippen molar-refractivity contribution >= 4 is 11.7 Å². The molecule has 0 bridgehead atoms. The van der Waals surface area contributed by atoms with Gasteiger partial charge in [0.15, 0.2) is 0 Å². The standard InChI is InChI=1S/C13H18F3N3O2/c1-2-6-17-11-5-3-4-10(18-11)12(21)19(7-8-20)9-13(14,15)16/h3-5,20H,2,6-9H2,1H3,(H,17,18). The van der Waals surface area contributed by atoms with E-state index in [0.717, 1.165) is 6.42 Å². The quantitative estimate of drug-likeness (QED) is 0.807. The van der Waals surface area contributed by atoms with Gasteiger partial charge in [-0.15, -0.1) is 0 Å². The Hall–Kier alpha value is -1.83. The van der Waals surface area contributed by atoms with Gasteiger partial charge in [0.1, 0.15) is 18.1 Å². The molecule has 0 saturated heterocycles. The number of anilines is 1. The molecule has 21 heavy (non-hydrogen) atoms. The first kappa shape index (κ1) is 17.2. The second-order valence-electron chi connectivity index (χ2n) is 4.40. The Kier molecular flexibility index (Phi) is 6.41. The molecule has 1 heterocycles. The van der Waals surface area contributed by atoms with Gasteiger partial charge in [-0.3, -0.25) is 4.79 Å². The molecule has 1 aromatic heterocycles. The highest BCUT2D eigenvalue weighted by Crippen LogP contribution is 2.18. The molecule has 0 aliphatic carbocycles. The number of hydrogen-bond donors (Lipinski definition) is 2. The molecule has 1 rings (SSSR count). The van der Waals surface area contributed by atoms with E-state index in [2.05, 4.69) is 10.3 Å². The molecule has 0 unspecified atom stereocenters. The van der Waals surface area contributed by atoms with Gasteiger partial charge in [-0.2, -0.15) is 13.2 Å². The lowest BCUT2D eigenvalue weighted by molar-refractivity contribution is -0.141. The number of pyridine rings is 1. The number of nitrogens with zero attached hydrogens (tertiary/aromatic N) is 2. The lowest BCUT2D eigenvalue weighted by Crippen LogP contribution is -2.41. The van der Waals surface area contributed by atoms with Crippen molar-refractivity contribution in [2.24, 2.45) is 0 Å². The third-order valence-corrected chi connectivity index (χ3v) is 2.55. The molecule has 1 amide bonds. The van der Waals surface area contributed by atoms with Crippen molar-refractivity contribution in [1.82, 2.24) is 9.88 Å². The molecule has 0 atom stereocenters. The molecule has 0 aromatic carbocycles. The van der Waals surface area contributed by atoms with Crippen LogP contribution in [-0.4, -0.2) is 53.3 Å². The van der Waals surface area contributed by atoms with Crippen molar-refractivity contribution in [3.8, 4) is 0 Å². The Morgan fingerprint density at radius 2 is 2.14 bits per heavy atom. The fourth-order valence-corrected chi connectivity index (χ4v) is 1.66. The molecule has 0 aliphatic heterocycles. The molecule has 2 N–H and O–H groups in total. The molecule has 8 heteroatoms. The fourth-order valence-electron chi connectivity index (χ4n) is 1.66. The lowest BCUT2D eigenvalue weighted by atomic mass is 10.3. The summed E-state index contributed by atoms with van der Waals surface area (Å²) >= 11 is 0. The largest absolute Gasteiger partial charge is 0.406 e. The van der Waals surface area contributed by atoms with Gasteiger partial charge in [0.2, 0.25) is 0 Å². The molecule has 0 aliphatic rings. The predicted octanol–water partition coefficient (Wildman–Crippen LogP) is 1.90. The predicted molar refractivity (Wildman–Crippen MR) is 72.1 cm³/mol. The molecule has 1 aromatic rings. The highest BCUT2D eigenvalue weighted by atomic mass is 19.4. The van der Waals surface area contributed by atoms with Crippen LogP contribution in [0.2, 0.25) is 0 Å². The topological polar surface area (TPSA) is 65.5 Å². The van der Waals surface area contributed by atoms with Gasteiger partial charge in [-0.05, 0) is 18.6 Å². The minimum Gasteiger partial charge on any atom is -0.395 e. The first-order valence-corrected chi connectivity index (χ1v) is 6.55. The Balaban J connectivity index is 2.87. The van der Waals surface area contributed by atoms with Crippen molar-refractivity contribution in [3.63, 3.8) is 0 Å². The van der Waals surface area contributed by atoms with E-state index in [9.17, 15) is 18.0 Å². The van der Waals surface area contributed by atoms with Gasteiger partial charge >= 0.3 is 6.18 Å². The number of halogens is 3. The van der Waals surface area contributed by atoms with Crippen molar-refractivity contribution < 1.29 is 23.1 Å². The zero-order chi connectivity index (χ0) is 15.9. The summed E-state index contributed by atoms with van der Waals surface area (Å²) in [5.74, 6) is -0.430. The SMILES string of the molecule is CCCNc1cccc(C(=O)N(CCO)CC(F)(F)F)n1. The maximum absolute atomic E-state index is 12.4. The maximum Gasteiger partial charge on any atom is 0.406 e. The average Bonchev–Trinajstić information content (AvgIpc) is 2.43. The zero-order valence-electron chi connectivity index (χ0n) is 11.7. The van der Waals surface area contributed by atoms with E-state index in [4.69, 9.17) is 5.11 Å². The molecule has 0 spiro atoms. The summed E-state index contributed by atoms with van der Waals surface area (Å²) in [7, 11) is 0. The van der Waals surface area contributed by atoms with Crippen LogP contribution in [0.5, 0.6) is 0 Å². The number of nitrogens with one attached hydrogen (secondary N) is 1. The number of alkyl halides is 3. The Labute approximate surface area is 120 Å². The molecular weight excluding hydrogens is 287 g/mol. The van der Waals surface area contributed by atoms with E-state index < -0.39 is 31.8 Å². The average molecular weight is 305 g/mol. The summed E-state index contributed by atoms with van der Waals surface area (Å²) < 4.78 is 37.3. The van der Waals surface area contributed by atoms with Gasteiger partial charge in [-0.1, -0.05) is 13.0 Å². The van der Waals surface area contributed by atoms with Gasteiger partial charge in [0, 0.05) is 13.1 Å². The van der Waals surface area contributed by atoms with Crippen LogP contribution in [0.3, 0.4) is 0 Å². The van der Waals surface area contributed by atoms with Crippen LogP contribution in [0, 0.1) is 0 Å². The monoisotopic (exact) mass is 305 g/mol. The highest BCUT2D eigenvalue weighted by molar-refractivity contribution is 5.92. The summed E-state index contributed by atoms with van der Waals surface area (Å²) in [5, 5.41) is 11.8. The third kappa shape index (κ3) is 5.99. The normalized spacial score (nSPS) is 11.3. The summed E-state index contributed by atoms with van der Waals surface area (Å²) in [6.07, 6.45) is -3.67. The molecule has 118 valence electrons. The van der Waals surface area contributed by atoms with Crippen molar-refractivity contribution in [1.29, 1.82) is 0 Å². The smallest absolute Gasteiger partial charge is 0.395 e. The Morgan fingerprint density at radius 1 is 1.43 bits per heavy atom. The second-order valence-corrected chi connectivity index (χ2v) is 4.40. The third-order valence-electron chi connectivity index (χ3n) is 2.55. The van der Waals surface area contributed by atoms with Gasteiger partial charge < -0.3 is 15.3 Å². The first-order chi connectivity index (χ1) is 9.87. The second kappa shape index (κ2) is 7.82. The van der Waals surface area contributed by atoms with Crippen LogP contribution in [0.4, 0.5) is 19.0 Å².